The highest BCUT2D eigenvalue weighted by Crippen LogP contribution is 2.55. The van der Waals surface area contributed by atoms with E-state index in [2.05, 4.69) is 27.7 Å². The summed E-state index contributed by atoms with van der Waals surface area (Å²) >= 11 is 0. The van der Waals surface area contributed by atoms with Crippen molar-refractivity contribution in [3.05, 3.63) is 70.8 Å². The predicted molar refractivity (Wildman–Crippen MR) is 130 cm³/mol. The summed E-state index contributed by atoms with van der Waals surface area (Å²) in [5.41, 5.74) is 2.66. The van der Waals surface area contributed by atoms with E-state index < -0.39 is 11.9 Å². The lowest BCUT2D eigenvalue weighted by Crippen LogP contribution is -2.49. The van der Waals surface area contributed by atoms with Crippen molar-refractivity contribution < 1.29 is 19.8 Å². The van der Waals surface area contributed by atoms with E-state index in [0.717, 1.165) is 51.4 Å². The highest BCUT2D eigenvalue weighted by Gasteiger charge is 2.50. The molecule has 0 aliphatic heterocycles. The van der Waals surface area contributed by atoms with Crippen molar-refractivity contribution in [3.8, 4) is 0 Å². The molecule has 2 N–H and O–H groups in total. The van der Waals surface area contributed by atoms with Gasteiger partial charge in [-0.15, -0.1) is 0 Å². The van der Waals surface area contributed by atoms with E-state index in [4.69, 9.17) is 0 Å². The lowest BCUT2D eigenvalue weighted by Gasteiger charge is -2.53. The summed E-state index contributed by atoms with van der Waals surface area (Å²) in [6, 6.07) is 15.0. The average Bonchev–Trinajstić information content (AvgIpc) is 2.78. The summed E-state index contributed by atoms with van der Waals surface area (Å²) < 4.78 is 0. The van der Waals surface area contributed by atoms with Gasteiger partial charge in [-0.2, -0.15) is 0 Å². The maximum atomic E-state index is 11.5. The van der Waals surface area contributed by atoms with E-state index in [9.17, 15) is 19.8 Å². The Morgan fingerprint density at radius 3 is 1.00 bits per heavy atom. The normalized spacial score (nSPS) is 12.0. The summed E-state index contributed by atoms with van der Waals surface area (Å²) in [7, 11) is 0. The molecular formula is C28H38O4. The molecule has 4 heteroatoms. The molecule has 0 aliphatic rings. The van der Waals surface area contributed by atoms with E-state index in [-0.39, 0.29) is 10.8 Å². The van der Waals surface area contributed by atoms with E-state index in [1.807, 2.05) is 24.3 Å². The molecule has 0 spiro atoms. The fourth-order valence-corrected chi connectivity index (χ4v) is 5.91. The first-order valence-corrected chi connectivity index (χ1v) is 12.0. The quantitative estimate of drug-likeness (QED) is 0.340. The van der Waals surface area contributed by atoms with Crippen molar-refractivity contribution in [3.63, 3.8) is 0 Å². The molecule has 0 amide bonds. The molecule has 0 aliphatic carbocycles. The average molecular weight is 439 g/mol. The Hall–Kier alpha value is -2.62. The molecule has 0 heterocycles. The van der Waals surface area contributed by atoms with Crippen LogP contribution in [0.4, 0.5) is 0 Å². The van der Waals surface area contributed by atoms with Gasteiger partial charge in [-0.05, 0) is 61.1 Å². The van der Waals surface area contributed by atoms with Crippen LogP contribution in [0.1, 0.15) is 111 Å². The number of carboxylic acid groups (broad SMARTS) is 2. The Labute approximate surface area is 192 Å². The Morgan fingerprint density at radius 1 is 0.562 bits per heavy atom. The van der Waals surface area contributed by atoms with E-state index in [1.165, 1.54) is 11.1 Å². The molecule has 2 aromatic carbocycles. The minimum atomic E-state index is -0.911. The Balaban J connectivity index is 2.83. The fourth-order valence-electron chi connectivity index (χ4n) is 5.91. The van der Waals surface area contributed by atoms with Crippen molar-refractivity contribution >= 4 is 11.9 Å². The van der Waals surface area contributed by atoms with E-state index >= 15 is 0 Å². The van der Waals surface area contributed by atoms with Gasteiger partial charge in [0.2, 0.25) is 0 Å². The standard InChI is InChI=1S/C28H38O4/c1-5-17-27(18-6-2,23-13-9-21(10-14-23)25(29)30)28(19-7-3,20-8-4)24-15-11-22(12-16-24)26(31)32/h9-16H,5-8,17-20H2,1-4H3,(H,29,30)(H,31,32). The van der Waals surface area contributed by atoms with Gasteiger partial charge in [0.15, 0.2) is 0 Å². The second-order valence-corrected chi connectivity index (χ2v) is 8.93. The highest BCUT2D eigenvalue weighted by molar-refractivity contribution is 5.88. The second-order valence-electron chi connectivity index (χ2n) is 8.93. The lowest BCUT2D eigenvalue weighted by atomic mass is 9.50. The first-order valence-electron chi connectivity index (χ1n) is 12.0. The lowest BCUT2D eigenvalue weighted by molar-refractivity contribution is 0.0685. The third kappa shape index (κ3) is 4.90. The van der Waals surface area contributed by atoms with Crippen LogP contribution in [0.3, 0.4) is 0 Å². The number of carboxylic acids is 2. The van der Waals surface area contributed by atoms with Crippen LogP contribution in [0, 0.1) is 0 Å². The zero-order valence-electron chi connectivity index (χ0n) is 20.0. The maximum Gasteiger partial charge on any atom is 0.335 e. The fraction of sp³-hybridized carbons (Fsp3) is 0.500. The number of hydrogen-bond acceptors (Lipinski definition) is 2. The van der Waals surface area contributed by atoms with Gasteiger partial charge in [-0.25, -0.2) is 9.59 Å². The molecule has 0 saturated heterocycles. The minimum absolute atomic E-state index is 0.162. The zero-order chi connectivity index (χ0) is 23.8. The first kappa shape index (κ1) is 25.6. The zero-order valence-corrected chi connectivity index (χ0v) is 20.0. The third-order valence-corrected chi connectivity index (χ3v) is 6.99. The van der Waals surface area contributed by atoms with Crippen LogP contribution in [0.25, 0.3) is 0 Å². The van der Waals surface area contributed by atoms with Crippen molar-refractivity contribution in [1.82, 2.24) is 0 Å². The van der Waals surface area contributed by atoms with Crippen LogP contribution in [0.2, 0.25) is 0 Å². The third-order valence-electron chi connectivity index (χ3n) is 6.99. The van der Waals surface area contributed by atoms with Crippen LogP contribution in [0.15, 0.2) is 48.5 Å². The van der Waals surface area contributed by atoms with Gasteiger partial charge < -0.3 is 10.2 Å². The Bertz CT molecular complexity index is 793. The Morgan fingerprint density at radius 2 is 0.812 bits per heavy atom. The topological polar surface area (TPSA) is 74.6 Å². The van der Waals surface area contributed by atoms with Crippen LogP contribution >= 0.6 is 0 Å². The van der Waals surface area contributed by atoms with Crippen molar-refractivity contribution in [2.24, 2.45) is 0 Å². The predicted octanol–water partition coefficient (Wildman–Crippen LogP) is 7.46. The van der Waals surface area contributed by atoms with Gasteiger partial charge in [-0.1, -0.05) is 77.6 Å². The van der Waals surface area contributed by atoms with E-state index in [0.29, 0.717) is 11.1 Å². The molecule has 32 heavy (non-hydrogen) atoms. The summed E-state index contributed by atoms with van der Waals surface area (Å²) in [6.07, 6.45) is 8.04. The first-order chi connectivity index (χ1) is 15.3. The van der Waals surface area contributed by atoms with Crippen molar-refractivity contribution in [2.75, 3.05) is 0 Å². The van der Waals surface area contributed by atoms with Gasteiger partial charge in [-0.3, -0.25) is 0 Å². The number of aromatic carboxylic acids is 2. The molecule has 2 rings (SSSR count). The molecule has 0 atom stereocenters. The van der Waals surface area contributed by atoms with E-state index in [1.54, 1.807) is 24.3 Å². The van der Waals surface area contributed by atoms with Crippen molar-refractivity contribution in [1.29, 1.82) is 0 Å². The van der Waals surface area contributed by atoms with Crippen molar-refractivity contribution in [2.45, 2.75) is 89.9 Å². The monoisotopic (exact) mass is 438 g/mol. The smallest absolute Gasteiger partial charge is 0.335 e. The van der Waals surface area contributed by atoms with Crippen LogP contribution in [-0.4, -0.2) is 22.2 Å². The van der Waals surface area contributed by atoms with Gasteiger partial charge >= 0.3 is 11.9 Å². The van der Waals surface area contributed by atoms with Crippen LogP contribution < -0.4 is 0 Å². The number of hydrogen-bond donors (Lipinski definition) is 2. The molecular weight excluding hydrogens is 400 g/mol. The summed E-state index contributed by atoms with van der Waals surface area (Å²) in [5, 5.41) is 18.8. The van der Waals surface area contributed by atoms with Gasteiger partial charge in [0.05, 0.1) is 11.1 Å². The Kier molecular flexibility index (Phi) is 9.06. The summed E-state index contributed by atoms with van der Waals surface area (Å²) in [5.74, 6) is -1.82. The van der Waals surface area contributed by atoms with Gasteiger partial charge in [0, 0.05) is 10.8 Å². The molecule has 0 fully saturated rings. The molecule has 4 nitrogen and oxygen atoms in total. The molecule has 0 unspecified atom stereocenters. The largest absolute Gasteiger partial charge is 0.478 e. The molecule has 0 saturated carbocycles. The van der Waals surface area contributed by atoms with Gasteiger partial charge in [0.25, 0.3) is 0 Å². The maximum absolute atomic E-state index is 11.5. The highest BCUT2D eigenvalue weighted by atomic mass is 16.4. The molecule has 0 bridgehead atoms. The summed E-state index contributed by atoms with van der Waals surface area (Å²) in [6.45, 7) is 8.86. The number of rotatable bonds is 13. The number of carbonyl (C=O) groups is 2. The second kappa shape index (κ2) is 11.3. The summed E-state index contributed by atoms with van der Waals surface area (Å²) in [4.78, 5) is 23.0. The molecule has 174 valence electrons. The molecule has 0 radical (unpaired) electrons. The van der Waals surface area contributed by atoms with Crippen LogP contribution in [0.5, 0.6) is 0 Å². The molecule has 2 aromatic rings. The minimum Gasteiger partial charge on any atom is -0.478 e. The SMILES string of the molecule is CCCC(CCC)(c1ccc(C(=O)O)cc1)C(CCC)(CCC)c1ccc(C(=O)O)cc1. The van der Waals surface area contributed by atoms with Crippen LogP contribution in [-0.2, 0) is 10.8 Å². The number of benzene rings is 2. The molecule has 0 aromatic heterocycles. The van der Waals surface area contributed by atoms with Gasteiger partial charge in [0.1, 0.15) is 0 Å².